The van der Waals surface area contributed by atoms with Crippen molar-refractivity contribution in [3.63, 3.8) is 0 Å². The molecule has 3 nitrogen and oxygen atoms in total. The second kappa shape index (κ2) is 10.1. The maximum Gasteiger partial charge on any atom is 0.0705 e. The Hall–Kier alpha value is -2.94. The molecule has 3 rings (SSSR count). The van der Waals surface area contributed by atoms with Crippen LogP contribution in [0, 0.1) is 12.3 Å². The number of rotatable bonds is 7. The topological polar surface area (TPSA) is 30.2 Å². The lowest BCUT2D eigenvalue weighted by Gasteiger charge is -2.21. The van der Waals surface area contributed by atoms with E-state index in [0.29, 0.717) is 0 Å². The maximum absolute atomic E-state index is 5.19. The number of aryl methyl sites for hydroxylation is 2. The molecule has 0 spiro atoms. The second-order valence-electron chi connectivity index (χ2n) is 9.83. The molecule has 32 heavy (non-hydrogen) atoms. The third kappa shape index (κ3) is 5.85. The molecular formula is C29H37N3. The number of pyridine rings is 1. The number of allylic oxidation sites excluding steroid dienone is 2. The molecule has 2 heterocycles. The molecule has 0 amide bonds. The molecule has 0 aliphatic carbocycles. The first-order chi connectivity index (χ1) is 15.2. The van der Waals surface area contributed by atoms with E-state index in [-0.39, 0.29) is 5.41 Å². The highest BCUT2D eigenvalue weighted by molar-refractivity contribution is 6.10. The van der Waals surface area contributed by atoms with E-state index < -0.39 is 0 Å². The monoisotopic (exact) mass is 427 g/mol. The Morgan fingerprint density at radius 1 is 1.06 bits per heavy atom. The van der Waals surface area contributed by atoms with Gasteiger partial charge in [-0.05, 0) is 60.1 Å². The van der Waals surface area contributed by atoms with E-state index in [1.54, 1.807) is 0 Å². The first-order valence-corrected chi connectivity index (χ1v) is 11.6. The van der Waals surface area contributed by atoms with E-state index in [9.17, 15) is 0 Å². The minimum atomic E-state index is 0.142. The Morgan fingerprint density at radius 3 is 2.44 bits per heavy atom. The summed E-state index contributed by atoms with van der Waals surface area (Å²) in [5.74, 6) is 0. The van der Waals surface area contributed by atoms with Crippen molar-refractivity contribution in [2.24, 2.45) is 17.5 Å². The Labute approximate surface area is 193 Å². The Balaban J connectivity index is 2.08. The van der Waals surface area contributed by atoms with Crippen molar-refractivity contribution in [3.8, 4) is 22.4 Å². The largest absolute Gasteiger partial charge is 0.354 e. The molecule has 0 bridgehead atoms. The van der Waals surface area contributed by atoms with E-state index in [0.717, 1.165) is 36.2 Å². The van der Waals surface area contributed by atoms with Gasteiger partial charge in [-0.1, -0.05) is 64.5 Å². The van der Waals surface area contributed by atoms with Crippen LogP contribution in [0.1, 0.15) is 57.5 Å². The van der Waals surface area contributed by atoms with Crippen LogP contribution in [0.3, 0.4) is 0 Å². The van der Waals surface area contributed by atoms with Crippen molar-refractivity contribution < 1.29 is 0 Å². The summed E-state index contributed by atoms with van der Waals surface area (Å²) < 4.78 is 2.16. The number of hydrogen-bond acceptors (Lipinski definition) is 2. The lowest BCUT2D eigenvalue weighted by Crippen LogP contribution is -2.13. The lowest BCUT2D eigenvalue weighted by molar-refractivity contribution is 0.406. The third-order valence-electron chi connectivity index (χ3n) is 5.65. The van der Waals surface area contributed by atoms with Crippen LogP contribution in [0.15, 0.2) is 59.7 Å². The van der Waals surface area contributed by atoms with E-state index in [1.165, 1.54) is 28.0 Å². The fourth-order valence-corrected chi connectivity index (χ4v) is 3.92. The summed E-state index contributed by atoms with van der Waals surface area (Å²) in [7, 11) is 3.92. The van der Waals surface area contributed by atoms with E-state index >= 15 is 0 Å². The molecule has 168 valence electrons. The molecule has 0 aliphatic heterocycles. The predicted molar refractivity (Wildman–Crippen MR) is 139 cm³/mol. The van der Waals surface area contributed by atoms with E-state index in [4.69, 9.17) is 4.98 Å². The quantitative estimate of drug-likeness (QED) is 0.358. The normalized spacial score (nSPS) is 12.7. The summed E-state index contributed by atoms with van der Waals surface area (Å²) >= 11 is 0. The average molecular weight is 428 g/mol. The lowest BCUT2D eigenvalue weighted by atomic mass is 9.87. The highest BCUT2D eigenvalue weighted by Crippen LogP contribution is 2.31. The van der Waals surface area contributed by atoms with Gasteiger partial charge in [-0.15, -0.1) is 0 Å². The SMILES string of the molecule is CCC/C=C(\C=NC)c1ccc(-c2cccc(-c3cc(C)n(C)c3)c2)nc1CC(C)(C)C. The standard InChI is InChI=1S/C29H37N3/c1-8-9-11-24(19-30-6)26-14-15-27(31-28(26)18-29(3,4)5)23-13-10-12-22(17-23)25-16-21(2)32(7)20-25/h10-17,19-20H,8-9,18H2,1-7H3/b24-11+,30-19?. The molecule has 0 unspecified atom stereocenters. The molecule has 1 aromatic carbocycles. The first-order valence-electron chi connectivity index (χ1n) is 11.6. The molecule has 0 saturated carbocycles. The van der Waals surface area contributed by atoms with Crippen molar-refractivity contribution in [3.05, 3.63) is 71.7 Å². The van der Waals surface area contributed by atoms with Crippen molar-refractivity contribution in [2.75, 3.05) is 7.05 Å². The van der Waals surface area contributed by atoms with Crippen LogP contribution in [0.4, 0.5) is 0 Å². The van der Waals surface area contributed by atoms with Crippen LogP contribution in [0.25, 0.3) is 28.0 Å². The molecule has 0 aliphatic rings. The zero-order valence-corrected chi connectivity index (χ0v) is 20.7. The summed E-state index contributed by atoms with van der Waals surface area (Å²) in [4.78, 5) is 9.50. The Kier molecular flexibility index (Phi) is 7.50. The van der Waals surface area contributed by atoms with Gasteiger partial charge in [-0.3, -0.25) is 9.98 Å². The highest BCUT2D eigenvalue weighted by atomic mass is 14.9. The van der Waals surface area contributed by atoms with Crippen molar-refractivity contribution in [1.82, 2.24) is 9.55 Å². The van der Waals surface area contributed by atoms with Crippen molar-refractivity contribution in [1.29, 1.82) is 0 Å². The van der Waals surface area contributed by atoms with Gasteiger partial charge < -0.3 is 4.57 Å². The Morgan fingerprint density at radius 2 is 1.81 bits per heavy atom. The summed E-state index contributed by atoms with van der Waals surface area (Å²) in [5, 5.41) is 0. The van der Waals surface area contributed by atoms with E-state index in [2.05, 4.69) is 106 Å². The fraction of sp³-hybridized carbons (Fsp3) is 0.379. The average Bonchev–Trinajstić information content (AvgIpc) is 3.09. The van der Waals surface area contributed by atoms with Crippen molar-refractivity contribution in [2.45, 2.75) is 53.9 Å². The van der Waals surface area contributed by atoms with Gasteiger partial charge in [-0.25, -0.2) is 0 Å². The molecule has 0 saturated heterocycles. The van der Waals surface area contributed by atoms with Crippen LogP contribution < -0.4 is 0 Å². The summed E-state index contributed by atoms with van der Waals surface area (Å²) in [5.41, 5.74) is 9.52. The second-order valence-corrected chi connectivity index (χ2v) is 9.83. The predicted octanol–water partition coefficient (Wildman–Crippen LogP) is 7.54. The van der Waals surface area contributed by atoms with Gasteiger partial charge in [0.05, 0.1) is 5.69 Å². The highest BCUT2D eigenvalue weighted by Gasteiger charge is 2.18. The number of unbranched alkanes of at least 4 members (excludes halogenated alkanes) is 1. The van der Waals surface area contributed by atoms with Crippen LogP contribution in [0.2, 0.25) is 0 Å². The van der Waals surface area contributed by atoms with Gasteiger partial charge in [0, 0.05) is 49.0 Å². The van der Waals surface area contributed by atoms with Crippen LogP contribution in [-0.4, -0.2) is 22.8 Å². The summed E-state index contributed by atoms with van der Waals surface area (Å²) in [6.45, 7) is 11.2. The molecule has 0 radical (unpaired) electrons. The van der Waals surface area contributed by atoms with Crippen molar-refractivity contribution >= 4 is 11.8 Å². The Bertz CT molecular complexity index is 1100. The summed E-state index contributed by atoms with van der Waals surface area (Å²) in [6, 6.07) is 15.3. The minimum Gasteiger partial charge on any atom is -0.354 e. The molecule has 0 atom stereocenters. The minimum absolute atomic E-state index is 0.142. The molecule has 3 aromatic rings. The van der Waals surface area contributed by atoms with Gasteiger partial charge in [0.1, 0.15) is 0 Å². The number of aliphatic imine (C=N–C) groups is 1. The van der Waals surface area contributed by atoms with Gasteiger partial charge in [-0.2, -0.15) is 0 Å². The molecule has 0 fully saturated rings. The number of nitrogens with zero attached hydrogens (tertiary/aromatic N) is 3. The number of aromatic nitrogens is 2. The van der Waals surface area contributed by atoms with E-state index in [1.807, 2.05) is 13.3 Å². The number of hydrogen-bond donors (Lipinski definition) is 0. The third-order valence-corrected chi connectivity index (χ3v) is 5.65. The summed E-state index contributed by atoms with van der Waals surface area (Å²) in [6.07, 6.45) is 9.51. The first kappa shape index (κ1) is 23.7. The van der Waals surface area contributed by atoms with Gasteiger partial charge in [0.15, 0.2) is 0 Å². The zero-order valence-electron chi connectivity index (χ0n) is 20.7. The van der Waals surface area contributed by atoms with Gasteiger partial charge in [0.2, 0.25) is 0 Å². The molecular weight excluding hydrogens is 390 g/mol. The van der Waals surface area contributed by atoms with Crippen LogP contribution in [-0.2, 0) is 13.5 Å². The zero-order chi connectivity index (χ0) is 23.3. The molecule has 3 heteroatoms. The molecule has 0 N–H and O–H groups in total. The maximum atomic E-state index is 5.19. The van der Waals surface area contributed by atoms with Gasteiger partial charge in [0.25, 0.3) is 0 Å². The smallest absolute Gasteiger partial charge is 0.0705 e. The van der Waals surface area contributed by atoms with Crippen LogP contribution >= 0.6 is 0 Å². The number of benzene rings is 1. The fourth-order valence-electron chi connectivity index (χ4n) is 3.92. The van der Waals surface area contributed by atoms with Crippen LogP contribution in [0.5, 0.6) is 0 Å². The van der Waals surface area contributed by atoms with Gasteiger partial charge >= 0.3 is 0 Å². The molecule has 2 aromatic heterocycles.